The summed E-state index contributed by atoms with van der Waals surface area (Å²) in [6.07, 6.45) is 0. The first-order valence-electron chi connectivity index (χ1n) is 7.49. The van der Waals surface area contributed by atoms with E-state index in [9.17, 15) is 13.5 Å². The molecule has 0 aliphatic rings. The van der Waals surface area contributed by atoms with Crippen molar-refractivity contribution in [1.29, 1.82) is 0 Å². The fraction of sp³-hybridized carbons (Fsp3) is 0.250. The van der Waals surface area contributed by atoms with Crippen LogP contribution in [0.15, 0.2) is 51.5 Å². The molecular weight excluding hydrogens is 385 g/mol. The van der Waals surface area contributed by atoms with Gasteiger partial charge in [0.2, 0.25) is 10.0 Å². The third-order valence-electron chi connectivity index (χ3n) is 3.46. The number of benzene rings is 2. The average Bonchev–Trinajstić information content (AvgIpc) is 2.58. The molecule has 9 heteroatoms. The number of nitrogens with zero attached hydrogens (tertiary/aromatic N) is 3. The summed E-state index contributed by atoms with van der Waals surface area (Å²) >= 11 is 11.7. The monoisotopic (exact) mass is 401 g/mol. The summed E-state index contributed by atoms with van der Waals surface area (Å²) in [4.78, 5) is 0.184. The predicted octanol–water partition coefficient (Wildman–Crippen LogP) is 5.14. The Kier molecular flexibility index (Phi) is 6.40. The van der Waals surface area contributed by atoms with E-state index >= 15 is 0 Å². The van der Waals surface area contributed by atoms with Crippen molar-refractivity contribution in [2.75, 3.05) is 13.1 Å². The predicted molar refractivity (Wildman–Crippen MR) is 98.9 cm³/mol. The van der Waals surface area contributed by atoms with E-state index in [1.54, 1.807) is 13.8 Å². The zero-order valence-electron chi connectivity index (χ0n) is 13.6. The van der Waals surface area contributed by atoms with Gasteiger partial charge in [0.1, 0.15) is 5.69 Å². The van der Waals surface area contributed by atoms with Crippen molar-refractivity contribution < 1.29 is 13.5 Å². The van der Waals surface area contributed by atoms with Crippen LogP contribution in [-0.4, -0.2) is 30.9 Å². The van der Waals surface area contributed by atoms with E-state index in [1.807, 2.05) is 0 Å². The van der Waals surface area contributed by atoms with Crippen LogP contribution in [0.5, 0.6) is 5.75 Å². The van der Waals surface area contributed by atoms with Crippen LogP contribution in [0.2, 0.25) is 10.0 Å². The van der Waals surface area contributed by atoms with Gasteiger partial charge in [-0.2, -0.15) is 9.42 Å². The molecule has 25 heavy (non-hydrogen) atoms. The summed E-state index contributed by atoms with van der Waals surface area (Å²) in [6, 6.07) is 8.81. The molecule has 0 aliphatic heterocycles. The molecule has 0 amide bonds. The zero-order valence-corrected chi connectivity index (χ0v) is 16.0. The first-order valence-corrected chi connectivity index (χ1v) is 9.69. The fourth-order valence-corrected chi connectivity index (χ4v) is 4.08. The molecule has 134 valence electrons. The second-order valence-corrected chi connectivity index (χ2v) is 7.82. The Hall–Kier alpha value is -1.67. The van der Waals surface area contributed by atoms with Gasteiger partial charge in [-0.05, 0) is 36.4 Å². The van der Waals surface area contributed by atoms with Crippen LogP contribution in [0.25, 0.3) is 0 Å². The highest BCUT2D eigenvalue weighted by Gasteiger charge is 2.21. The lowest BCUT2D eigenvalue weighted by atomic mass is 10.3. The lowest BCUT2D eigenvalue weighted by Gasteiger charge is -2.18. The lowest BCUT2D eigenvalue weighted by molar-refractivity contribution is 0.445. The minimum Gasteiger partial charge on any atom is -0.504 e. The summed E-state index contributed by atoms with van der Waals surface area (Å²) in [5.74, 6) is -0.226. The minimum atomic E-state index is -3.52. The van der Waals surface area contributed by atoms with E-state index in [0.717, 1.165) is 0 Å². The van der Waals surface area contributed by atoms with Gasteiger partial charge < -0.3 is 5.11 Å². The number of rotatable bonds is 6. The Morgan fingerprint density at radius 2 is 1.64 bits per heavy atom. The molecule has 0 atom stereocenters. The maximum absolute atomic E-state index is 12.4. The van der Waals surface area contributed by atoms with E-state index < -0.39 is 10.0 Å². The molecule has 1 N–H and O–H groups in total. The second kappa shape index (κ2) is 8.14. The zero-order chi connectivity index (χ0) is 18.6. The summed E-state index contributed by atoms with van der Waals surface area (Å²) < 4.78 is 26.2. The smallest absolute Gasteiger partial charge is 0.243 e. The molecule has 0 saturated heterocycles. The van der Waals surface area contributed by atoms with Crippen molar-refractivity contribution in [3.63, 3.8) is 0 Å². The van der Waals surface area contributed by atoms with Crippen LogP contribution in [0.3, 0.4) is 0 Å². The Labute approximate surface area is 156 Å². The largest absolute Gasteiger partial charge is 0.504 e. The molecule has 2 rings (SSSR count). The Morgan fingerprint density at radius 3 is 2.20 bits per heavy atom. The highest BCUT2D eigenvalue weighted by Crippen LogP contribution is 2.37. The van der Waals surface area contributed by atoms with Crippen molar-refractivity contribution in [2.24, 2.45) is 10.2 Å². The average molecular weight is 402 g/mol. The SMILES string of the molecule is CCN(CC)S(=O)(=O)c1ccc(N=Nc2cc(Cl)cc(Cl)c2O)cc1. The van der Waals surface area contributed by atoms with Crippen LogP contribution in [-0.2, 0) is 10.0 Å². The van der Waals surface area contributed by atoms with Gasteiger partial charge in [-0.3, -0.25) is 0 Å². The normalized spacial score (nSPS) is 12.2. The second-order valence-electron chi connectivity index (χ2n) is 5.04. The fourth-order valence-electron chi connectivity index (χ4n) is 2.14. The number of hydrogen-bond donors (Lipinski definition) is 1. The van der Waals surface area contributed by atoms with Crippen molar-refractivity contribution in [1.82, 2.24) is 4.31 Å². The molecular formula is C16H17Cl2N3O3S. The van der Waals surface area contributed by atoms with Gasteiger partial charge >= 0.3 is 0 Å². The molecule has 2 aromatic carbocycles. The van der Waals surface area contributed by atoms with Gasteiger partial charge in [0, 0.05) is 18.1 Å². The van der Waals surface area contributed by atoms with Crippen LogP contribution in [0.4, 0.5) is 11.4 Å². The number of phenolic OH excluding ortho intramolecular Hbond substituents is 1. The maximum Gasteiger partial charge on any atom is 0.243 e. The third kappa shape index (κ3) is 4.49. The lowest BCUT2D eigenvalue weighted by Crippen LogP contribution is -2.30. The topological polar surface area (TPSA) is 82.3 Å². The molecule has 0 aliphatic carbocycles. The van der Waals surface area contributed by atoms with Crippen LogP contribution >= 0.6 is 23.2 Å². The molecule has 0 saturated carbocycles. The number of azo groups is 1. The molecule has 0 unspecified atom stereocenters. The molecule has 0 fully saturated rings. The van der Waals surface area contributed by atoms with Crippen molar-refractivity contribution in [3.8, 4) is 5.75 Å². The van der Waals surface area contributed by atoms with Gasteiger partial charge in [-0.1, -0.05) is 37.0 Å². The quantitative estimate of drug-likeness (QED) is 0.679. The van der Waals surface area contributed by atoms with Gasteiger partial charge in [0.15, 0.2) is 5.75 Å². The number of sulfonamides is 1. The molecule has 0 heterocycles. The van der Waals surface area contributed by atoms with Crippen LogP contribution < -0.4 is 0 Å². The molecule has 6 nitrogen and oxygen atoms in total. The third-order valence-corrected chi connectivity index (χ3v) is 6.03. The Morgan fingerprint density at radius 1 is 1.04 bits per heavy atom. The summed E-state index contributed by atoms with van der Waals surface area (Å²) in [6.45, 7) is 4.36. The summed E-state index contributed by atoms with van der Waals surface area (Å²) in [5, 5.41) is 18.1. The van der Waals surface area contributed by atoms with Gasteiger partial charge in [-0.15, -0.1) is 5.11 Å². The maximum atomic E-state index is 12.4. The van der Waals surface area contributed by atoms with Crippen molar-refractivity contribution in [3.05, 3.63) is 46.4 Å². The van der Waals surface area contributed by atoms with Crippen molar-refractivity contribution >= 4 is 44.6 Å². The van der Waals surface area contributed by atoms with E-state index in [0.29, 0.717) is 23.8 Å². The molecule has 2 aromatic rings. The number of halogens is 2. The number of aromatic hydroxyl groups is 1. The molecule has 0 radical (unpaired) electrons. The van der Waals surface area contributed by atoms with E-state index in [2.05, 4.69) is 10.2 Å². The first-order chi connectivity index (χ1) is 11.8. The highest BCUT2D eigenvalue weighted by molar-refractivity contribution is 7.89. The molecule has 0 aromatic heterocycles. The Bertz CT molecular complexity index is 880. The number of hydrogen-bond acceptors (Lipinski definition) is 5. The molecule has 0 bridgehead atoms. The van der Waals surface area contributed by atoms with Crippen molar-refractivity contribution in [2.45, 2.75) is 18.7 Å². The van der Waals surface area contributed by atoms with E-state index in [-0.39, 0.29) is 21.4 Å². The van der Waals surface area contributed by atoms with Gasteiger partial charge in [0.25, 0.3) is 0 Å². The summed E-state index contributed by atoms with van der Waals surface area (Å²) in [5.41, 5.74) is 0.548. The first kappa shape index (κ1) is 19.7. The highest BCUT2D eigenvalue weighted by atomic mass is 35.5. The minimum absolute atomic E-state index is 0.0714. The van der Waals surface area contributed by atoms with Crippen LogP contribution in [0, 0.1) is 0 Å². The standard InChI is InChI=1S/C16H17Cl2N3O3S/c1-3-21(4-2)25(23,24)13-7-5-12(6-8-13)19-20-15-10-11(17)9-14(18)16(15)22/h5-10,22H,3-4H2,1-2H3. The van der Waals surface area contributed by atoms with Gasteiger partial charge in [-0.25, -0.2) is 8.42 Å². The molecule has 0 spiro atoms. The number of phenols is 1. The van der Waals surface area contributed by atoms with E-state index in [1.165, 1.54) is 40.7 Å². The summed E-state index contributed by atoms with van der Waals surface area (Å²) in [7, 11) is -3.52. The van der Waals surface area contributed by atoms with Crippen LogP contribution in [0.1, 0.15) is 13.8 Å². The Balaban J connectivity index is 2.27. The van der Waals surface area contributed by atoms with E-state index in [4.69, 9.17) is 23.2 Å². The van der Waals surface area contributed by atoms with Gasteiger partial charge in [0.05, 0.1) is 15.6 Å².